The van der Waals surface area contributed by atoms with Crippen molar-refractivity contribution in [3.63, 3.8) is 0 Å². The molecule has 2 heterocycles. The largest absolute Gasteiger partial charge is 0.339 e. The number of aryl methyl sites for hydroxylation is 1. The van der Waals surface area contributed by atoms with Crippen LogP contribution in [0.2, 0.25) is 0 Å². The number of rotatable bonds is 7. The standard InChI is InChI=1S/C22H21N5O2S/c1-14(2)15-8-10-16(11-9-15)20-24-19(29-27-20)13-12-18(28)23-22-26-25-21(30-22)17-6-4-3-5-7-17/h3-11,14H,12-13H2,1-2H3,(H,23,26,28). The quantitative estimate of drug-likeness (QED) is 0.455. The van der Waals surface area contributed by atoms with Crippen LogP contribution in [0.4, 0.5) is 5.13 Å². The fourth-order valence-corrected chi connectivity index (χ4v) is 3.63. The molecule has 0 aliphatic rings. The van der Waals surface area contributed by atoms with Crippen LogP contribution in [0, 0.1) is 0 Å². The van der Waals surface area contributed by atoms with Gasteiger partial charge in [-0.1, -0.05) is 84.9 Å². The van der Waals surface area contributed by atoms with E-state index in [0.717, 1.165) is 16.1 Å². The average molecular weight is 420 g/mol. The van der Waals surface area contributed by atoms with Crippen LogP contribution in [0.5, 0.6) is 0 Å². The zero-order valence-corrected chi connectivity index (χ0v) is 17.5. The van der Waals surface area contributed by atoms with Crippen molar-refractivity contribution in [3.8, 4) is 22.0 Å². The lowest BCUT2D eigenvalue weighted by Gasteiger charge is -2.04. The lowest BCUT2D eigenvalue weighted by Crippen LogP contribution is -2.12. The summed E-state index contributed by atoms with van der Waals surface area (Å²) in [7, 11) is 0. The number of aromatic nitrogens is 4. The maximum atomic E-state index is 12.2. The molecule has 0 saturated carbocycles. The van der Waals surface area contributed by atoms with Crippen LogP contribution in [-0.2, 0) is 11.2 Å². The molecule has 8 heteroatoms. The molecule has 0 saturated heterocycles. The maximum absolute atomic E-state index is 12.2. The second kappa shape index (κ2) is 8.96. The summed E-state index contributed by atoms with van der Waals surface area (Å²) in [6.07, 6.45) is 0.571. The number of hydrogen-bond donors (Lipinski definition) is 1. The Labute approximate surface area is 178 Å². The Kier molecular flexibility index (Phi) is 5.94. The number of carbonyl (C=O) groups is 1. The van der Waals surface area contributed by atoms with Crippen molar-refractivity contribution in [2.24, 2.45) is 0 Å². The summed E-state index contributed by atoms with van der Waals surface area (Å²) in [5.74, 6) is 1.25. The molecule has 1 N–H and O–H groups in total. The van der Waals surface area contributed by atoms with Crippen LogP contribution in [0.15, 0.2) is 59.1 Å². The molecule has 1 amide bonds. The van der Waals surface area contributed by atoms with E-state index >= 15 is 0 Å². The van der Waals surface area contributed by atoms with Gasteiger partial charge in [-0.2, -0.15) is 4.98 Å². The van der Waals surface area contributed by atoms with E-state index in [1.807, 2.05) is 42.5 Å². The van der Waals surface area contributed by atoms with Gasteiger partial charge in [0.05, 0.1) is 0 Å². The lowest BCUT2D eigenvalue weighted by molar-refractivity contribution is -0.116. The minimum absolute atomic E-state index is 0.174. The highest BCUT2D eigenvalue weighted by Crippen LogP contribution is 2.26. The van der Waals surface area contributed by atoms with Crippen LogP contribution in [0.1, 0.15) is 37.6 Å². The molecule has 2 aromatic carbocycles. The molecule has 7 nitrogen and oxygen atoms in total. The van der Waals surface area contributed by atoms with Crippen molar-refractivity contribution in [3.05, 3.63) is 66.1 Å². The molecular weight excluding hydrogens is 398 g/mol. The van der Waals surface area contributed by atoms with Gasteiger partial charge in [0.25, 0.3) is 0 Å². The zero-order valence-electron chi connectivity index (χ0n) is 16.7. The van der Waals surface area contributed by atoms with E-state index in [9.17, 15) is 4.79 Å². The van der Waals surface area contributed by atoms with Gasteiger partial charge in [-0.25, -0.2) is 0 Å². The van der Waals surface area contributed by atoms with E-state index < -0.39 is 0 Å². The summed E-state index contributed by atoms with van der Waals surface area (Å²) in [4.78, 5) is 16.6. The van der Waals surface area contributed by atoms with Crippen molar-refractivity contribution in [2.45, 2.75) is 32.6 Å². The summed E-state index contributed by atoms with van der Waals surface area (Å²) in [5.41, 5.74) is 3.11. The van der Waals surface area contributed by atoms with Gasteiger partial charge in [0, 0.05) is 24.0 Å². The van der Waals surface area contributed by atoms with Gasteiger partial charge in [-0.3, -0.25) is 4.79 Å². The summed E-state index contributed by atoms with van der Waals surface area (Å²) in [6, 6.07) is 17.8. The Balaban J connectivity index is 1.32. The molecule has 4 rings (SSSR count). The average Bonchev–Trinajstić information content (AvgIpc) is 3.43. The van der Waals surface area contributed by atoms with Crippen LogP contribution >= 0.6 is 11.3 Å². The number of anilines is 1. The summed E-state index contributed by atoms with van der Waals surface area (Å²) < 4.78 is 5.29. The van der Waals surface area contributed by atoms with E-state index in [4.69, 9.17) is 4.52 Å². The van der Waals surface area contributed by atoms with Crippen molar-refractivity contribution in [2.75, 3.05) is 5.32 Å². The molecule has 0 atom stereocenters. The Bertz CT molecular complexity index is 1120. The molecule has 152 valence electrons. The molecule has 30 heavy (non-hydrogen) atoms. The summed E-state index contributed by atoms with van der Waals surface area (Å²) in [5, 5.41) is 16.2. The Hall–Kier alpha value is -3.39. The second-order valence-corrected chi connectivity index (χ2v) is 8.09. The number of nitrogens with one attached hydrogen (secondary N) is 1. The van der Waals surface area contributed by atoms with E-state index in [1.165, 1.54) is 16.9 Å². The van der Waals surface area contributed by atoms with Crippen LogP contribution in [-0.4, -0.2) is 26.2 Å². The monoisotopic (exact) mass is 419 g/mol. The van der Waals surface area contributed by atoms with Gasteiger partial charge in [0.15, 0.2) is 0 Å². The predicted molar refractivity (Wildman–Crippen MR) is 116 cm³/mol. The van der Waals surface area contributed by atoms with Crippen molar-refractivity contribution >= 4 is 22.4 Å². The summed E-state index contributed by atoms with van der Waals surface area (Å²) >= 11 is 1.33. The van der Waals surface area contributed by atoms with Crippen LogP contribution in [0.25, 0.3) is 22.0 Å². The molecule has 0 unspecified atom stereocenters. The molecular formula is C22H21N5O2S. The first-order valence-electron chi connectivity index (χ1n) is 9.70. The van der Waals surface area contributed by atoms with Crippen molar-refractivity contribution in [1.29, 1.82) is 0 Å². The zero-order chi connectivity index (χ0) is 20.9. The van der Waals surface area contributed by atoms with Crippen LogP contribution in [0.3, 0.4) is 0 Å². The van der Waals surface area contributed by atoms with Gasteiger partial charge in [0.1, 0.15) is 5.01 Å². The summed E-state index contributed by atoms with van der Waals surface area (Å²) in [6.45, 7) is 4.30. The molecule has 0 fully saturated rings. The van der Waals surface area contributed by atoms with Gasteiger partial charge < -0.3 is 9.84 Å². The minimum Gasteiger partial charge on any atom is -0.339 e. The Morgan fingerprint density at radius 2 is 1.80 bits per heavy atom. The van der Waals surface area contributed by atoms with Gasteiger partial charge in [-0.15, -0.1) is 10.2 Å². The number of amides is 1. The number of hydrogen-bond acceptors (Lipinski definition) is 7. The highest BCUT2D eigenvalue weighted by atomic mass is 32.1. The molecule has 2 aromatic heterocycles. The van der Waals surface area contributed by atoms with E-state index in [0.29, 0.717) is 29.2 Å². The van der Waals surface area contributed by atoms with Crippen LogP contribution < -0.4 is 5.32 Å². The number of benzene rings is 2. The fourth-order valence-electron chi connectivity index (χ4n) is 2.86. The maximum Gasteiger partial charge on any atom is 0.227 e. The van der Waals surface area contributed by atoms with E-state index in [2.05, 4.69) is 51.6 Å². The number of nitrogens with zero attached hydrogens (tertiary/aromatic N) is 4. The molecule has 0 aliphatic heterocycles. The third kappa shape index (κ3) is 4.77. The first-order chi connectivity index (χ1) is 14.6. The smallest absolute Gasteiger partial charge is 0.227 e. The predicted octanol–water partition coefficient (Wildman–Crippen LogP) is 4.95. The van der Waals surface area contributed by atoms with Gasteiger partial charge >= 0.3 is 0 Å². The highest BCUT2D eigenvalue weighted by Gasteiger charge is 2.13. The van der Waals surface area contributed by atoms with Crippen molar-refractivity contribution < 1.29 is 9.32 Å². The third-order valence-corrected chi connectivity index (χ3v) is 5.45. The molecule has 0 radical (unpaired) electrons. The van der Waals surface area contributed by atoms with Gasteiger partial charge in [-0.05, 0) is 11.5 Å². The highest BCUT2D eigenvalue weighted by molar-refractivity contribution is 7.18. The Morgan fingerprint density at radius 1 is 1.03 bits per heavy atom. The minimum atomic E-state index is -0.174. The van der Waals surface area contributed by atoms with Gasteiger partial charge in [0.2, 0.25) is 22.8 Å². The van der Waals surface area contributed by atoms with Crippen molar-refractivity contribution in [1.82, 2.24) is 20.3 Å². The molecule has 0 aliphatic carbocycles. The molecule has 4 aromatic rings. The third-order valence-electron chi connectivity index (χ3n) is 4.56. The first-order valence-corrected chi connectivity index (χ1v) is 10.5. The molecule has 0 bridgehead atoms. The topological polar surface area (TPSA) is 93.8 Å². The fraction of sp³-hybridized carbons (Fsp3) is 0.227. The lowest BCUT2D eigenvalue weighted by atomic mass is 10.0. The first kappa shape index (κ1) is 19.9. The number of carbonyl (C=O) groups excluding carboxylic acids is 1. The second-order valence-electron chi connectivity index (χ2n) is 7.12. The Morgan fingerprint density at radius 3 is 2.53 bits per heavy atom. The SMILES string of the molecule is CC(C)c1ccc(-c2noc(CCC(=O)Nc3nnc(-c4ccccc4)s3)n2)cc1. The molecule has 0 spiro atoms. The van der Waals surface area contributed by atoms with E-state index in [-0.39, 0.29) is 12.3 Å². The normalized spacial score (nSPS) is 11.0. The van der Waals surface area contributed by atoms with E-state index in [1.54, 1.807) is 0 Å².